The fraction of sp³-hybridized carbons (Fsp3) is 0.600. The molecule has 0 saturated carbocycles. The molecule has 0 spiro atoms. The summed E-state index contributed by atoms with van der Waals surface area (Å²) in [4.78, 5) is 0. The molecule has 0 bridgehead atoms. The monoisotopic (exact) mass is 246 g/mol. The van der Waals surface area contributed by atoms with E-state index in [1.54, 1.807) is 0 Å². The SMILES string of the molecule is CC1(NC[C@H]2Cc3ccccc3CN2)CCOC1. The van der Waals surface area contributed by atoms with Gasteiger partial charge < -0.3 is 15.4 Å². The second-order valence-corrected chi connectivity index (χ2v) is 5.79. The van der Waals surface area contributed by atoms with Crippen LogP contribution in [0.5, 0.6) is 0 Å². The summed E-state index contributed by atoms with van der Waals surface area (Å²) in [5.74, 6) is 0. The Bertz CT molecular complexity index is 413. The number of hydrogen-bond donors (Lipinski definition) is 2. The highest BCUT2D eigenvalue weighted by Gasteiger charge is 2.30. The minimum atomic E-state index is 0.179. The molecule has 2 N–H and O–H groups in total. The first-order valence-electron chi connectivity index (χ1n) is 6.88. The first-order chi connectivity index (χ1) is 8.75. The molecule has 98 valence electrons. The van der Waals surface area contributed by atoms with E-state index >= 15 is 0 Å². The lowest BCUT2D eigenvalue weighted by molar-refractivity contribution is 0.170. The van der Waals surface area contributed by atoms with Gasteiger partial charge in [0.25, 0.3) is 0 Å². The molecule has 2 heterocycles. The third-order valence-corrected chi connectivity index (χ3v) is 4.16. The fourth-order valence-electron chi connectivity index (χ4n) is 2.84. The maximum atomic E-state index is 5.47. The van der Waals surface area contributed by atoms with Gasteiger partial charge in [0.1, 0.15) is 0 Å². The van der Waals surface area contributed by atoms with Crippen molar-refractivity contribution in [3.8, 4) is 0 Å². The molecule has 1 unspecified atom stereocenters. The van der Waals surface area contributed by atoms with Crippen molar-refractivity contribution in [2.75, 3.05) is 19.8 Å². The Labute approximate surface area is 109 Å². The summed E-state index contributed by atoms with van der Waals surface area (Å²) in [5, 5.41) is 7.28. The van der Waals surface area contributed by atoms with Crippen LogP contribution in [0, 0.1) is 0 Å². The topological polar surface area (TPSA) is 33.3 Å². The molecule has 2 aliphatic heterocycles. The lowest BCUT2D eigenvalue weighted by Gasteiger charge is -2.31. The molecule has 0 aliphatic carbocycles. The summed E-state index contributed by atoms with van der Waals surface area (Å²) >= 11 is 0. The Hall–Kier alpha value is -0.900. The standard InChI is InChI=1S/C15H22N2O/c1-15(6-7-18-11-15)17-10-14-8-12-4-2-3-5-13(12)9-16-14/h2-5,14,16-17H,6-11H2,1H3/t14-,15?/m1/s1. The number of hydrogen-bond acceptors (Lipinski definition) is 3. The average molecular weight is 246 g/mol. The van der Waals surface area contributed by atoms with Gasteiger partial charge in [-0.3, -0.25) is 0 Å². The molecule has 1 saturated heterocycles. The van der Waals surface area contributed by atoms with Crippen molar-refractivity contribution in [3.05, 3.63) is 35.4 Å². The van der Waals surface area contributed by atoms with Crippen LogP contribution < -0.4 is 10.6 Å². The zero-order chi connectivity index (χ0) is 12.4. The molecular formula is C15H22N2O. The Morgan fingerprint density at radius 2 is 2.22 bits per heavy atom. The predicted molar refractivity (Wildman–Crippen MR) is 72.6 cm³/mol. The van der Waals surface area contributed by atoms with E-state index in [0.29, 0.717) is 6.04 Å². The Morgan fingerprint density at radius 3 is 3.00 bits per heavy atom. The second-order valence-electron chi connectivity index (χ2n) is 5.79. The van der Waals surface area contributed by atoms with Crippen LogP contribution in [-0.4, -0.2) is 31.3 Å². The summed E-state index contributed by atoms with van der Waals surface area (Å²) in [6.45, 7) is 6.02. The van der Waals surface area contributed by atoms with Crippen LogP contribution in [-0.2, 0) is 17.7 Å². The smallest absolute Gasteiger partial charge is 0.0646 e. The van der Waals surface area contributed by atoms with E-state index in [9.17, 15) is 0 Å². The molecule has 3 rings (SSSR count). The number of nitrogens with one attached hydrogen (secondary N) is 2. The van der Waals surface area contributed by atoms with Crippen LogP contribution in [0.25, 0.3) is 0 Å². The maximum Gasteiger partial charge on any atom is 0.0646 e. The van der Waals surface area contributed by atoms with Gasteiger partial charge in [0, 0.05) is 31.3 Å². The lowest BCUT2D eigenvalue weighted by Crippen LogP contribution is -2.51. The van der Waals surface area contributed by atoms with Crippen molar-refractivity contribution in [2.24, 2.45) is 0 Å². The molecule has 0 aromatic heterocycles. The van der Waals surface area contributed by atoms with Crippen molar-refractivity contribution in [1.82, 2.24) is 10.6 Å². The molecule has 3 heteroatoms. The summed E-state index contributed by atoms with van der Waals surface area (Å²) in [7, 11) is 0. The second kappa shape index (κ2) is 5.00. The van der Waals surface area contributed by atoms with Gasteiger partial charge in [-0.1, -0.05) is 24.3 Å². The molecule has 3 nitrogen and oxygen atoms in total. The van der Waals surface area contributed by atoms with Gasteiger partial charge in [0.15, 0.2) is 0 Å². The molecule has 1 aromatic rings. The van der Waals surface area contributed by atoms with Crippen LogP contribution in [0.2, 0.25) is 0 Å². The minimum Gasteiger partial charge on any atom is -0.379 e. The highest BCUT2D eigenvalue weighted by molar-refractivity contribution is 5.30. The maximum absolute atomic E-state index is 5.47. The van der Waals surface area contributed by atoms with E-state index in [0.717, 1.165) is 39.1 Å². The van der Waals surface area contributed by atoms with Gasteiger partial charge >= 0.3 is 0 Å². The lowest BCUT2D eigenvalue weighted by atomic mass is 9.94. The third kappa shape index (κ3) is 2.58. The van der Waals surface area contributed by atoms with Gasteiger partial charge in [-0.25, -0.2) is 0 Å². The molecule has 2 atom stereocenters. The predicted octanol–water partition coefficient (Wildman–Crippen LogP) is 1.47. The van der Waals surface area contributed by atoms with E-state index in [1.807, 2.05) is 0 Å². The Kier molecular flexibility index (Phi) is 3.37. The van der Waals surface area contributed by atoms with Crippen molar-refractivity contribution >= 4 is 0 Å². The largest absolute Gasteiger partial charge is 0.379 e. The molecule has 0 radical (unpaired) electrons. The number of ether oxygens (including phenoxy) is 1. The number of benzene rings is 1. The minimum absolute atomic E-state index is 0.179. The van der Waals surface area contributed by atoms with Crippen LogP contribution in [0.4, 0.5) is 0 Å². The summed E-state index contributed by atoms with van der Waals surface area (Å²) < 4.78 is 5.47. The van der Waals surface area contributed by atoms with Crippen molar-refractivity contribution in [1.29, 1.82) is 0 Å². The number of rotatable bonds is 3. The first-order valence-corrected chi connectivity index (χ1v) is 6.88. The quantitative estimate of drug-likeness (QED) is 0.847. The van der Waals surface area contributed by atoms with Crippen LogP contribution in [0.3, 0.4) is 0 Å². The van der Waals surface area contributed by atoms with E-state index in [1.165, 1.54) is 11.1 Å². The van der Waals surface area contributed by atoms with E-state index in [-0.39, 0.29) is 5.54 Å². The zero-order valence-electron chi connectivity index (χ0n) is 11.0. The Balaban J connectivity index is 1.56. The van der Waals surface area contributed by atoms with Gasteiger partial charge in [-0.05, 0) is 30.9 Å². The molecule has 1 aromatic carbocycles. The summed E-state index contributed by atoms with van der Waals surface area (Å²) in [6.07, 6.45) is 2.25. The molecule has 2 aliphatic rings. The zero-order valence-corrected chi connectivity index (χ0v) is 11.0. The highest BCUT2D eigenvalue weighted by atomic mass is 16.5. The van der Waals surface area contributed by atoms with Crippen molar-refractivity contribution < 1.29 is 4.74 Å². The van der Waals surface area contributed by atoms with Crippen molar-refractivity contribution in [3.63, 3.8) is 0 Å². The normalized spacial score (nSPS) is 31.3. The summed E-state index contributed by atoms with van der Waals surface area (Å²) in [5.41, 5.74) is 3.12. The molecular weight excluding hydrogens is 224 g/mol. The molecule has 1 fully saturated rings. The number of fused-ring (bicyclic) bond motifs is 1. The third-order valence-electron chi connectivity index (χ3n) is 4.16. The van der Waals surface area contributed by atoms with Gasteiger partial charge in [0.2, 0.25) is 0 Å². The van der Waals surface area contributed by atoms with E-state index in [4.69, 9.17) is 4.74 Å². The average Bonchev–Trinajstić information content (AvgIpc) is 2.84. The first kappa shape index (κ1) is 12.2. The van der Waals surface area contributed by atoms with E-state index < -0.39 is 0 Å². The molecule has 0 amide bonds. The Morgan fingerprint density at radius 1 is 1.39 bits per heavy atom. The highest BCUT2D eigenvalue weighted by Crippen LogP contribution is 2.19. The molecule has 18 heavy (non-hydrogen) atoms. The fourth-order valence-corrected chi connectivity index (χ4v) is 2.84. The van der Waals surface area contributed by atoms with Crippen LogP contribution >= 0.6 is 0 Å². The van der Waals surface area contributed by atoms with Gasteiger partial charge in [0.05, 0.1) is 6.61 Å². The van der Waals surface area contributed by atoms with Crippen LogP contribution in [0.15, 0.2) is 24.3 Å². The van der Waals surface area contributed by atoms with Gasteiger partial charge in [-0.2, -0.15) is 0 Å². The van der Waals surface area contributed by atoms with Crippen molar-refractivity contribution in [2.45, 2.75) is 37.9 Å². The van der Waals surface area contributed by atoms with E-state index in [2.05, 4.69) is 41.8 Å². The van der Waals surface area contributed by atoms with Crippen LogP contribution in [0.1, 0.15) is 24.5 Å². The summed E-state index contributed by atoms with van der Waals surface area (Å²) in [6, 6.07) is 9.27. The van der Waals surface area contributed by atoms with Gasteiger partial charge in [-0.15, -0.1) is 0 Å².